The van der Waals surface area contributed by atoms with Crippen LogP contribution in [0, 0.1) is 0 Å². The molecule has 2 rings (SSSR count). The first-order valence-electron chi connectivity index (χ1n) is 6.89. The second-order valence-corrected chi connectivity index (χ2v) is 6.37. The van der Waals surface area contributed by atoms with Crippen LogP contribution in [0.3, 0.4) is 0 Å². The molecule has 106 valence electrons. The average Bonchev–Trinajstić information content (AvgIpc) is 2.99. The maximum absolute atomic E-state index is 11.6. The van der Waals surface area contributed by atoms with E-state index in [1.165, 1.54) is 0 Å². The Hall–Kier alpha value is -1.36. The molecule has 1 saturated carbocycles. The molecule has 0 saturated heterocycles. The molecule has 5 heteroatoms. The molecule has 0 bridgehead atoms. The molecule has 0 radical (unpaired) electrons. The van der Waals surface area contributed by atoms with Crippen molar-refractivity contribution in [2.24, 2.45) is 7.05 Å². The Balaban J connectivity index is 1.86. The Labute approximate surface area is 114 Å². The largest absolute Gasteiger partial charge is 0.352 e. The third-order valence-electron chi connectivity index (χ3n) is 3.16. The van der Waals surface area contributed by atoms with Gasteiger partial charge in [0.15, 0.2) is 0 Å². The topological polar surface area (TPSA) is 59.0 Å². The Morgan fingerprint density at radius 1 is 1.47 bits per heavy atom. The summed E-state index contributed by atoms with van der Waals surface area (Å²) in [7, 11) is 1.93. The lowest BCUT2D eigenvalue weighted by Gasteiger charge is -2.17. The van der Waals surface area contributed by atoms with Crippen LogP contribution in [0.1, 0.15) is 44.9 Å². The summed E-state index contributed by atoms with van der Waals surface area (Å²) in [6.07, 6.45) is 4.28. The van der Waals surface area contributed by atoms with Gasteiger partial charge in [0.2, 0.25) is 5.91 Å². The van der Waals surface area contributed by atoms with Crippen LogP contribution in [0.25, 0.3) is 0 Å². The number of hydrogen-bond donors (Lipinski definition) is 2. The van der Waals surface area contributed by atoms with E-state index in [1.807, 2.05) is 17.9 Å². The minimum absolute atomic E-state index is 0.0224. The van der Waals surface area contributed by atoms with Crippen LogP contribution in [0.4, 0.5) is 0 Å². The molecule has 0 spiro atoms. The highest BCUT2D eigenvalue weighted by Crippen LogP contribution is 2.23. The molecule has 1 heterocycles. The standard InChI is InChI=1S/C14H24N4O/c1-14(2,3)13-10(9-18(4)17-13)7-15-8-12(19)16-11-5-6-11/h9,11,15H,5-8H2,1-4H3,(H,16,19). The molecule has 1 amide bonds. The molecule has 0 atom stereocenters. The van der Waals surface area contributed by atoms with Crippen molar-refractivity contribution in [3.8, 4) is 0 Å². The molecule has 1 aromatic rings. The van der Waals surface area contributed by atoms with Gasteiger partial charge in [0, 0.05) is 36.8 Å². The minimum Gasteiger partial charge on any atom is -0.352 e. The van der Waals surface area contributed by atoms with Crippen molar-refractivity contribution in [2.45, 2.75) is 51.6 Å². The van der Waals surface area contributed by atoms with E-state index < -0.39 is 0 Å². The molecule has 0 aromatic carbocycles. The van der Waals surface area contributed by atoms with Gasteiger partial charge in [0.25, 0.3) is 0 Å². The number of aromatic nitrogens is 2. The number of amides is 1. The van der Waals surface area contributed by atoms with E-state index in [1.54, 1.807) is 0 Å². The van der Waals surface area contributed by atoms with Gasteiger partial charge in [-0.05, 0) is 12.8 Å². The molecule has 0 unspecified atom stereocenters. The molecular formula is C14H24N4O. The van der Waals surface area contributed by atoms with Crippen LogP contribution >= 0.6 is 0 Å². The monoisotopic (exact) mass is 264 g/mol. The lowest BCUT2D eigenvalue weighted by molar-refractivity contribution is -0.120. The summed E-state index contributed by atoms with van der Waals surface area (Å²) < 4.78 is 1.84. The van der Waals surface area contributed by atoms with Gasteiger partial charge in [0.1, 0.15) is 0 Å². The van der Waals surface area contributed by atoms with Crippen molar-refractivity contribution >= 4 is 5.91 Å². The van der Waals surface area contributed by atoms with E-state index in [0.717, 1.165) is 24.1 Å². The van der Waals surface area contributed by atoms with Crippen LogP contribution in [0.5, 0.6) is 0 Å². The van der Waals surface area contributed by atoms with Gasteiger partial charge in [-0.1, -0.05) is 20.8 Å². The SMILES string of the molecule is Cn1cc(CNCC(=O)NC2CC2)c(C(C)(C)C)n1. The van der Waals surface area contributed by atoms with Gasteiger partial charge in [0.05, 0.1) is 12.2 Å². The summed E-state index contributed by atoms with van der Waals surface area (Å²) in [5.41, 5.74) is 2.27. The number of nitrogens with zero attached hydrogens (tertiary/aromatic N) is 2. The quantitative estimate of drug-likeness (QED) is 0.837. The number of rotatable bonds is 5. The summed E-state index contributed by atoms with van der Waals surface area (Å²) in [5, 5.41) is 10.7. The zero-order chi connectivity index (χ0) is 14.0. The first-order valence-corrected chi connectivity index (χ1v) is 6.89. The van der Waals surface area contributed by atoms with Crippen LogP contribution in [-0.4, -0.2) is 28.3 Å². The number of aryl methyl sites for hydroxylation is 1. The highest BCUT2D eigenvalue weighted by atomic mass is 16.2. The molecule has 1 aromatic heterocycles. The fourth-order valence-electron chi connectivity index (χ4n) is 2.12. The number of hydrogen-bond acceptors (Lipinski definition) is 3. The van der Waals surface area contributed by atoms with Crippen LogP contribution in [0.2, 0.25) is 0 Å². The first kappa shape index (κ1) is 14.1. The molecule has 1 fully saturated rings. The Kier molecular flexibility index (Phi) is 3.94. The fourth-order valence-corrected chi connectivity index (χ4v) is 2.12. The summed E-state index contributed by atoms with van der Waals surface area (Å²) >= 11 is 0. The predicted molar refractivity (Wildman–Crippen MR) is 74.8 cm³/mol. The van der Waals surface area contributed by atoms with Crippen molar-refractivity contribution < 1.29 is 4.79 Å². The third kappa shape index (κ3) is 4.06. The predicted octanol–water partition coefficient (Wildman–Crippen LogP) is 1.09. The Morgan fingerprint density at radius 3 is 2.74 bits per heavy atom. The Morgan fingerprint density at radius 2 is 2.16 bits per heavy atom. The van der Waals surface area contributed by atoms with Crippen LogP contribution in [-0.2, 0) is 23.8 Å². The van der Waals surface area contributed by atoms with Crippen LogP contribution in [0.15, 0.2) is 6.20 Å². The smallest absolute Gasteiger partial charge is 0.234 e. The third-order valence-corrected chi connectivity index (χ3v) is 3.16. The van der Waals surface area contributed by atoms with Gasteiger partial charge in [-0.15, -0.1) is 0 Å². The van der Waals surface area contributed by atoms with E-state index in [-0.39, 0.29) is 11.3 Å². The van der Waals surface area contributed by atoms with E-state index >= 15 is 0 Å². The number of carbonyl (C=O) groups excluding carboxylic acids is 1. The fraction of sp³-hybridized carbons (Fsp3) is 0.714. The molecule has 1 aliphatic rings. The normalized spacial score (nSPS) is 15.6. The van der Waals surface area contributed by atoms with E-state index in [2.05, 4.69) is 36.5 Å². The molecule has 2 N–H and O–H groups in total. The highest BCUT2D eigenvalue weighted by Gasteiger charge is 2.23. The zero-order valence-corrected chi connectivity index (χ0v) is 12.3. The summed E-state index contributed by atoms with van der Waals surface area (Å²) in [4.78, 5) is 11.6. The van der Waals surface area contributed by atoms with Gasteiger partial charge < -0.3 is 10.6 Å². The highest BCUT2D eigenvalue weighted by molar-refractivity contribution is 5.78. The number of carbonyl (C=O) groups is 1. The van der Waals surface area contributed by atoms with Crippen molar-refractivity contribution in [1.29, 1.82) is 0 Å². The molecule has 1 aliphatic carbocycles. The second-order valence-electron chi connectivity index (χ2n) is 6.37. The minimum atomic E-state index is 0.0224. The molecule has 19 heavy (non-hydrogen) atoms. The Bertz CT molecular complexity index is 455. The first-order chi connectivity index (χ1) is 8.86. The summed E-state index contributed by atoms with van der Waals surface area (Å²) in [5.74, 6) is 0.0868. The van der Waals surface area contributed by atoms with Gasteiger partial charge in [-0.25, -0.2) is 0 Å². The van der Waals surface area contributed by atoms with Crippen LogP contribution < -0.4 is 10.6 Å². The van der Waals surface area contributed by atoms with E-state index in [0.29, 0.717) is 19.1 Å². The molecule has 5 nitrogen and oxygen atoms in total. The van der Waals surface area contributed by atoms with E-state index in [9.17, 15) is 4.79 Å². The lowest BCUT2D eigenvalue weighted by atomic mass is 9.89. The number of nitrogens with one attached hydrogen (secondary N) is 2. The van der Waals surface area contributed by atoms with Crippen molar-refractivity contribution in [3.05, 3.63) is 17.5 Å². The zero-order valence-electron chi connectivity index (χ0n) is 12.3. The van der Waals surface area contributed by atoms with Crippen molar-refractivity contribution in [2.75, 3.05) is 6.54 Å². The second kappa shape index (κ2) is 5.33. The van der Waals surface area contributed by atoms with Crippen molar-refractivity contribution in [3.63, 3.8) is 0 Å². The molecular weight excluding hydrogens is 240 g/mol. The molecule has 0 aliphatic heterocycles. The van der Waals surface area contributed by atoms with Crippen molar-refractivity contribution in [1.82, 2.24) is 20.4 Å². The van der Waals surface area contributed by atoms with Gasteiger partial charge in [-0.3, -0.25) is 9.48 Å². The maximum atomic E-state index is 11.6. The average molecular weight is 264 g/mol. The lowest BCUT2D eigenvalue weighted by Crippen LogP contribution is -2.35. The maximum Gasteiger partial charge on any atom is 0.234 e. The van der Waals surface area contributed by atoms with Gasteiger partial charge >= 0.3 is 0 Å². The van der Waals surface area contributed by atoms with E-state index in [4.69, 9.17) is 0 Å². The van der Waals surface area contributed by atoms with Gasteiger partial charge in [-0.2, -0.15) is 5.10 Å². The summed E-state index contributed by atoms with van der Waals surface area (Å²) in [6, 6.07) is 0.429. The summed E-state index contributed by atoms with van der Waals surface area (Å²) in [6.45, 7) is 7.50.